The Balaban J connectivity index is 1.27. The first-order valence-electron chi connectivity index (χ1n) is 13.1. The lowest BCUT2D eigenvalue weighted by Gasteiger charge is -2.14. The van der Waals surface area contributed by atoms with E-state index in [0.29, 0.717) is 16.9 Å². The monoisotopic (exact) mass is 638 g/mol. The van der Waals surface area contributed by atoms with Crippen molar-refractivity contribution in [3.05, 3.63) is 131 Å². The van der Waals surface area contributed by atoms with Crippen LogP contribution in [0.5, 0.6) is 0 Å². The fourth-order valence-electron chi connectivity index (χ4n) is 4.14. The number of carbonyl (C=O) groups excluding carboxylic acids is 3. The van der Waals surface area contributed by atoms with Gasteiger partial charge in [0.1, 0.15) is 5.70 Å². The molecule has 0 bridgehead atoms. The largest absolute Gasteiger partial charge is 0.361 e. The van der Waals surface area contributed by atoms with Crippen molar-refractivity contribution in [1.82, 2.24) is 10.3 Å². The van der Waals surface area contributed by atoms with Gasteiger partial charge in [0, 0.05) is 38.0 Å². The van der Waals surface area contributed by atoms with Crippen LogP contribution in [-0.4, -0.2) is 28.0 Å². The van der Waals surface area contributed by atoms with Crippen LogP contribution >= 0.6 is 27.7 Å². The Bertz CT molecular complexity index is 1770. The number of H-pyrrole nitrogens is 1. The quantitative estimate of drug-likeness (QED) is 0.0994. The summed E-state index contributed by atoms with van der Waals surface area (Å²) in [6, 6.07) is 31.0. The molecule has 210 valence electrons. The van der Waals surface area contributed by atoms with Crippen molar-refractivity contribution >= 4 is 73.8 Å². The molecule has 7 nitrogen and oxygen atoms in total. The molecule has 0 spiro atoms. The number of fused-ring (bicyclic) bond motifs is 1. The lowest BCUT2D eigenvalue weighted by Crippen LogP contribution is -2.30. The maximum Gasteiger partial charge on any atom is 0.272 e. The van der Waals surface area contributed by atoms with Gasteiger partial charge in [-0.2, -0.15) is 0 Å². The first kappa shape index (κ1) is 28.9. The summed E-state index contributed by atoms with van der Waals surface area (Å²) in [5.74, 6) is -1.01. The van der Waals surface area contributed by atoms with Crippen LogP contribution in [-0.2, 0) is 9.59 Å². The Morgan fingerprint density at radius 2 is 1.60 bits per heavy atom. The molecule has 42 heavy (non-hydrogen) atoms. The highest BCUT2D eigenvalue weighted by Gasteiger charge is 2.17. The van der Waals surface area contributed by atoms with Crippen LogP contribution in [0.3, 0.4) is 0 Å². The number of hydrogen-bond donors (Lipinski definition) is 4. The molecule has 1 unspecified atom stereocenters. The van der Waals surface area contributed by atoms with Crippen LogP contribution in [0.2, 0.25) is 0 Å². The molecular formula is C33H27BrN4O3S. The van der Waals surface area contributed by atoms with E-state index in [1.54, 1.807) is 42.5 Å². The van der Waals surface area contributed by atoms with Gasteiger partial charge in [-0.05, 0) is 84.6 Å². The molecule has 1 atom stereocenters. The van der Waals surface area contributed by atoms with E-state index in [9.17, 15) is 14.4 Å². The maximum atomic E-state index is 13.4. The molecule has 0 aliphatic heterocycles. The molecule has 4 N–H and O–H groups in total. The maximum absolute atomic E-state index is 13.4. The van der Waals surface area contributed by atoms with Crippen molar-refractivity contribution in [2.75, 3.05) is 10.6 Å². The summed E-state index contributed by atoms with van der Waals surface area (Å²) in [6.45, 7) is 1.83. The number of halogens is 1. The van der Waals surface area contributed by atoms with Gasteiger partial charge in [0.05, 0.1) is 5.25 Å². The summed E-state index contributed by atoms with van der Waals surface area (Å²) < 4.78 is 0.901. The lowest BCUT2D eigenvalue weighted by atomic mass is 10.1. The third-order valence-electron chi connectivity index (χ3n) is 6.31. The molecule has 0 radical (unpaired) electrons. The number of aromatic nitrogens is 1. The smallest absolute Gasteiger partial charge is 0.272 e. The van der Waals surface area contributed by atoms with Crippen LogP contribution in [0.25, 0.3) is 17.0 Å². The standard InChI is InChI=1S/C33H27BrN4O3S/c1-21(31(39)36-27-15-12-23-16-17-35-29(23)20-27)42-28-9-5-8-26(19-28)37-33(41)30(18-22-10-13-25(34)14-11-22)38-32(40)24-6-3-2-4-7-24/h2-21,35H,1H3,(H,36,39)(H,37,41)(H,38,40)/b30-18-. The first-order valence-corrected chi connectivity index (χ1v) is 14.8. The Morgan fingerprint density at radius 3 is 2.38 bits per heavy atom. The zero-order chi connectivity index (χ0) is 29.5. The number of nitrogens with one attached hydrogen (secondary N) is 4. The Kier molecular flexibility index (Phi) is 9.21. The Morgan fingerprint density at radius 1 is 0.833 bits per heavy atom. The number of aromatic amines is 1. The van der Waals surface area contributed by atoms with Crippen molar-refractivity contribution < 1.29 is 14.4 Å². The molecule has 9 heteroatoms. The van der Waals surface area contributed by atoms with Gasteiger partial charge < -0.3 is 20.9 Å². The van der Waals surface area contributed by atoms with Crippen molar-refractivity contribution in [2.45, 2.75) is 17.1 Å². The highest BCUT2D eigenvalue weighted by atomic mass is 79.9. The van der Waals surface area contributed by atoms with Crippen LogP contribution in [0.15, 0.2) is 124 Å². The summed E-state index contributed by atoms with van der Waals surface area (Å²) in [5.41, 5.74) is 3.47. The van der Waals surface area contributed by atoms with Crippen LogP contribution in [0.1, 0.15) is 22.8 Å². The minimum atomic E-state index is -0.477. The molecule has 4 aromatic carbocycles. The SMILES string of the molecule is CC(Sc1cccc(NC(=O)/C(=C/c2ccc(Br)cc2)NC(=O)c2ccccc2)c1)C(=O)Nc1ccc2cc[nH]c2c1. The molecule has 5 aromatic rings. The Hall–Kier alpha value is -4.60. The number of anilines is 2. The number of thioether (sulfide) groups is 1. The van der Waals surface area contributed by atoms with Crippen molar-refractivity contribution in [2.24, 2.45) is 0 Å². The number of amides is 3. The number of carbonyl (C=O) groups is 3. The van der Waals surface area contributed by atoms with E-state index >= 15 is 0 Å². The lowest BCUT2D eigenvalue weighted by molar-refractivity contribution is -0.115. The zero-order valence-corrected chi connectivity index (χ0v) is 25.0. The van der Waals surface area contributed by atoms with E-state index in [1.165, 1.54) is 11.8 Å². The van der Waals surface area contributed by atoms with Crippen molar-refractivity contribution in [1.29, 1.82) is 0 Å². The third-order valence-corrected chi connectivity index (χ3v) is 7.93. The third kappa shape index (κ3) is 7.57. The van der Waals surface area contributed by atoms with Gasteiger partial charge >= 0.3 is 0 Å². The number of rotatable bonds is 9. The van der Waals surface area contributed by atoms with Crippen molar-refractivity contribution in [3.8, 4) is 0 Å². The molecule has 5 rings (SSSR count). The fourth-order valence-corrected chi connectivity index (χ4v) is 5.33. The molecule has 0 aliphatic carbocycles. The summed E-state index contributed by atoms with van der Waals surface area (Å²) in [6.07, 6.45) is 3.48. The Labute approximate surface area is 255 Å². The predicted molar refractivity (Wildman–Crippen MR) is 173 cm³/mol. The molecule has 1 heterocycles. The highest BCUT2D eigenvalue weighted by Crippen LogP contribution is 2.27. The van der Waals surface area contributed by atoms with Gasteiger partial charge in [-0.3, -0.25) is 14.4 Å². The highest BCUT2D eigenvalue weighted by molar-refractivity contribution is 9.10. The molecule has 3 amide bonds. The first-order chi connectivity index (χ1) is 20.3. The number of hydrogen-bond acceptors (Lipinski definition) is 4. The van der Waals surface area contributed by atoms with Crippen LogP contribution in [0.4, 0.5) is 11.4 Å². The summed E-state index contributed by atoms with van der Waals surface area (Å²) >= 11 is 4.79. The van der Waals surface area contributed by atoms with E-state index in [-0.39, 0.29) is 11.6 Å². The summed E-state index contributed by atoms with van der Waals surface area (Å²) in [5, 5.41) is 9.27. The van der Waals surface area contributed by atoms with Gasteiger partial charge in [0.15, 0.2) is 0 Å². The van der Waals surface area contributed by atoms with Crippen LogP contribution in [0, 0.1) is 0 Å². The second kappa shape index (κ2) is 13.4. The van der Waals surface area contributed by atoms with Crippen LogP contribution < -0.4 is 16.0 Å². The zero-order valence-electron chi connectivity index (χ0n) is 22.6. The topological polar surface area (TPSA) is 103 Å². The molecule has 0 aliphatic rings. The molecular weight excluding hydrogens is 612 g/mol. The van der Waals surface area contributed by atoms with E-state index in [0.717, 1.165) is 25.8 Å². The summed E-state index contributed by atoms with van der Waals surface area (Å²) in [4.78, 5) is 43.1. The molecule has 0 fully saturated rings. The van der Waals surface area contributed by atoms with E-state index in [1.807, 2.05) is 79.9 Å². The minimum Gasteiger partial charge on any atom is -0.361 e. The fraction of sp³-hybridized carbons (Fsp3) is 0.0606. The minimum absolute atomic E-state index is 0.0935. The average molecular weight is 640 g/mol. The molecule has 1 aromatic heterocycles. The molecule has 0 saturated heterocycles. The molecule has 0 saturated carbocycles. The van der Waals surface area contributed by atoms with Gasteiger partial charge in [-0.25, -0.2) is 0 Å². The van der Waals surface area contributed by atoms with Crippen molar-refractivity contribution in [3.63, 3.8) is 0 Å². The second-order valence-corrected chi connectivity index (χ2v) is 11.8. The van der Waals surface area contributed by atoms with Gasteiger partial charge in [-0.15, -0.1) is 11.8 Å². The predicted octanol–water partition coefficient (Wildman–Crippen LogP) is 7.46. The van der Waals surface area contributed by atoms with Gasteiger partial charge in [0.2, 0.25) is 5.91 Å². The average Bonchev–Trinajstić information content (AvgIpc) is 3.46. The van der Waals surface area contributed by atoms with E-state index in [2.05, 4.69) is 36.9 Å². The van der Waals surface area contributed by atoms with E-state index in [4.69, 9.17) is 0 Å². The van der Waals surface area contributed by atoms with Gasteiger partial charge in [-0.1, -0.05) is 58.4 Å². The van der Waals surface area contributed by atoms with E-state index < -0.39 is 17.1 Å². The normalized spacial score (nSPS) is 12.0. The van der Waals surface area contributed by atoms with Gasteiger partial charge in [0.25, 0.3) is 11.8 Å². The second-order valence-electron chi connectivity index (χ2n) is 9.44. The number of benzene rings is 4. The summed E-state index contributed by atoms with van der Waals surface area (Å²) in [7, 11) is 0.